The fourth-order valence-corrected chi connectivity index (χ4v) is 1.31. The summed E-state index contributed by atoms with van der Waals surface area (Å²) < 4.78 is 0. The van der Waals surface area contributed by atoms with Crippen LogP contribution in [0.3, 0.4) is 0 Å². The van der Waals surface area contributed by atoms with Gasteiger partial charge in [0.25, 0.3) is 0 Å². The van der Waals surface area contributed by atoms with Gasteiger partial charge in [0.2, 0.25) is 0 Å². The zero-order valence-electron chi connectivity index (χ0n) is 6.11. The van der Waals surface area contributed by atoms with Crippen LogP contribution in [0.2, 0.25) is 0 Å². The van der Waals surface area contributed by atoms with Gasteiger partial charge >= 0.3 is 0 Å². The van der Waals surface area contributed by atoms with Crippen LogP contribution in [-0.4, -0.2) is 20.7 Å². The molecule has 0 saturated heterocycles. The van der Waals surface area contributed by atoms with Crippen LogP contribution in [0.5, 0.6) is 0 Å². The van der Waals surface area contributed by atoms with Crippen LogP contribution < -0.4 is 0 Å². The van der Waals surface area contributed by atoms with Crippen molar-refractivity contribution in [1.82, 2.24) is 15.4 Å². The van der Waals surface area contributed by atoms with E-state index in [2.05, 4.69) is 21.5 Å². The van der Waals surface area contributed by atoms with E-state index in [1.54, 1.807) is 6.20 Å². The highest BCUT2D eigenvalue weighted by atomic mass is 32.2. The highest BCUT2D eigenvalue weighted by Crippen LogP contribution is 2.21. The van der Waals surface area contributed by atoms with E-state index < -0.39 is 0 Å². The number of rotatable bonds is 3. The fourth-order valence-electron chi connectivity index (χ4n) is 0.595. The molecule has 11 heavy (non-hydrogen) atoms. The van der Waals surface area contributed by atoms with E-state index in [0.29, 0.717) is 0 Å². The standard InChI is InChI=1S/C6H8N4S/c1-2-5(3-7)11-6-4-8-10-9-6/h4-5H,2H2,1H3,(H,8,9,10). The molecule has 0 aromatic carbocycles. The number of aromatic nitrogens is 3. The van der Waals surface area contributed by atoms with Gasteiger partial charge < -0.3 is 0 Å². The Bertz CT molecular complexity index is 238. The zero-order chi connectivity index (χ0) is 8.10. The Morgan fingerprint density at radius 1 is 1.91 bits per heavy atom. The normalized spacial score (nSPS) is 12.4. The molecule has 58 valence electrons. The highest BCUT2D eigenvalue weighted by Gasteiger charge is 2.07. The van der Waals surface area contributed by atoms with Gasteiger partial charge in [0.05, 0.1) is 17.5 Å². The first-order valence-electron chi connectivity index (χ1n) is 3.29. The number of nitriles is 1. The van der Waals surface area contributed by atoms with Crippen molar-refractivity contribution in [2.45, 2.75) is 23.6 Å². The molecular formula is C6H8N4S. The maximum atomic E-state index is 8.60. The third kappa shape index (κ3) is 2.24. The first kappa shape index (κ1) is 8.08. The van der Waals surface area contributed by atoms with E-state index in [0.717, 1.165) is 11.4 Å². The van der Waals surface area contributed by atoms with Crippen LogP contribution >= 0.6 is 11.8 Å². The van der Waals surface area contributed by atoms with Crippen molar-refractivity contribution in [3.8, 4) is 6.07 Å². The quantitative estimate of drug-likeness (QED) is 0.689. The molecule has 1 aromatic rings. The van der Waals surface area contributed by atoms with Gasteiger partial charge in [-0.3, -0.25) is 0 Å². The van der Waals surface area contributed by atoms with Crippen LogP contribution in [0.25, 0.3) is 0 Å². The highest BCUT2D eigenvalue weighted by molar-refractivity contribution is 8.00. The second-order valence-electron chi connectivity index (χ2n) is 1.95. The van der Waals surface area contributed by atoms with Crippen molar-refractivity contribution in [3.63, 3.8) is 0 Å². The van der Waals surface area contributed by atoms with E-state index in [9.17, 15) is 0 Å². The maximum Gasteiger partial charge on any atom is 0.139 e. The Kier molecular flexibility index (Phi) is 2.93. The summed E-state index contributed by atoms with van der Waals surface area (Å²) in [6.45, 7) is 1.97. The van der Waals surface area contributed by atoms with Crippen molar-refractivity contribution in [1.29, 1.82) is 5.26 Å². The molecule has 0 aliphatic rings. The number of nitrogens with one attached hydrogen (secondary N) is 1. The summed E-state index contributed by atoms with van der Waals surface area (Å²) in [4.78, 5) is 0. The summed E-state index contributed by atoms with van der Waals surface area (Å²) in [5, 5.41) is 19.3. The molecule has 1 unspecified atom stereocenters. The molecule has 5 heteroatoms. The lowest BCUT2D eigenvalue weighted by Gasteiger charge is -1.99. The molecule has 1 atom stereocenters. The smallest absolute Gasteiger partial charge is 0.139 e. The molecule has 1 N–H and O–H groups in total. The van der Waals surface area contributed by atoms with Crippen LogP contribution in [0.4, 0.5) is 0 Å². The summed E-state index contributed by atoms with van der Waals surface area (Å²) in [7, 11) is 0. The molecule has 0 bridgehead atoms. The molecule has 0 spiro atoms. The van der Waals surface area contributed by atoms with Crippen molar-refractivity contribution >= 4 is 11.8 Å². The third-order valence-corrected chi connectivity index (χ3v) is 2.33. The van der Waals surface area contributed by atoms with Crippen LogP contribution in [-0.2, 0) is 0 Å². The van der Waals surface area contributed by atoms with Gasteiger partial charge in [0.1, 0.15) is 5.03 Å². The van der Waals surface area contributed by atoms with Gasteiger partial charge in [0, 0.05) is 0 Å². The van der Waals surface area contributed by atoms with Crippen molar-refractivity contribution < 1.29 is 0 Å². The maximum absolute atomic E-state index is 8.60. The molecule has 1 aromatic heterocycles. The van der Waals surface area contributed by atoms with Crippen LogP contribution in [0, 0.1) is 11.3 Å². The number of hydrogen-bond acceptors (Lipinski definition) is 4. The van der Waals surface area contributed by atoms with Gasteiger partial charge in [-0.25, -0.2) is 0 Å². The first-order valence-corrected chi connectivity index (χ1v) is 4.16. The average Bonchev–Trinajstić information content (AvgIpc) is 2.52. The predicted molar refractivity (Wildman–Crippen MR) is 41.9 cm³/mol. The lowest BCUT2D eigenvalue weighted by molar-refractivity contribution is 0.906. The van der Waals surface area contributed by atoms with Crippen molar-refractivity contribution in [2.75, 3.05) is 0 Å². The van der Waals surface area contributed by atoms with Crippen molar-refractivity contribution in [2.24, 2.45) is 0 Å². The van der Waals surface area contributed by atoms with Crippen LogP contribution in [0.1, 0.15) is 13.3 Å². The van der Waals surface area contributed by atoms with E-state index in [1.807, 2.05) is 6.92 Å². The largest absolute Gasteiger partial charge is 0.197 e. The minimum atomic E-state index is -0.0138. The molecule has 0 fully saturated rings. The summed E-state index contributed by atoms with van der Waals surface area (Å²) in [6, 6.07) is 2.17. The summed E-state index contributed by atoms with van der Waals surface area (Å²) >= 11 is 1.43. The van der Waals surface area contributed by atoms with Crippen LogP contribution in [0.15, 0.2) is 11.2 Å². The van der Waals surface area contributed by atoms with Gasteiger partial charge in [0.15, 0.2) is 0 Å². The minimum Gasteiger partial charge on any atom is -0.197 e. The molecule has 0 saturated carbocycles. The second-order valence-corrected chi connectivity index (χ2v) is 3.18. The summed E-state index contributed by atoms with van der Waals surface area (Å²) in [5.74, 6) is 0. The molecule has 0 aliphatic carbocycles. The Hall–Kier alpha value is -1.02. The zero-order valence-corrected chi connectivity index (χ0v) is 6.93. The molecular weight excluding hydrogens is 160 g/mol. The van der Waals surface area contributed by atoms with E-state index in [1.165, 1.54) is 11.8 Å². The lowest BCUT2D eigenvalue weighted by Crippen LogP contribution is -1.94. The molecule has 0 amide bonds. The van der Waals surface area contributed by atoms with Crippen molar-refractivity contribution in [3.05, 3.63) is 6.20 Å². The third-order valence-electron chi connectivity index (χ3n) is 1.17. The molecule has 1 rings (SSSR count). The molecule has 1 heterocycles. The minimum absolute atomic E-state index is 0.0138. The predicted octanol–water partition coefficient (Wildman–Crippen LogP) is 1.20. The SMILES string of the molecule is CCC(C#N)Sc1cn[nH]n1. The number of thioether (sulfide) groups is 1. The Balaban J connectivity index is 2.49. The number of H-pyrrole nitrogens is 1. The van der Waals surface area contributed by atoms with E-state index in [4.69, 9.17) is 5.26 Å². The first-order chi connectivity index (χ1) is 5.36. The number of nitrogens with zero attached hydrogens (tertiary/aromatic N) is 3. The van der Waals surface area contributed by atoms with E-state index in [-0.39, 0.29) is 5.25 Å². The summed E-state index contributed by atoms with van der Waals surface area (Å²) in [6.07, 6.45) is 2.44. The molecule has 4 nitrogen and oxygen atoms in total. The Morgan fingerprint density at radius 2 is 2.73 bits per heavy atom. The lowest BCUT2D eigenvalue weighted by atomic mass is 10.4. The Labute approximate surface area is 69.0 Å². The van der Waals surface area contributed by atoms with Gasteiger partial charge in [-0.2, -0.15) is 15.6 Å². The number of hydrogen-bond donors (Lipinski definition) is 1. The van der Waals surface area contributed by atoms with Gasteiger partial charge in [-0.1, -0.05) is 18.7 Å². The molecule has 0 aliphatic heterocycles. The monoisotopic (exact) mass is 168 g/mol. The molecule has 0 radical (unpaired) electrons. The van der Waals surface area contributed by atoms with Gasteiger partial charge in [-0.15, -0.1) is 5.10 Å². The van der Waals surface area contributed by atoms with E-state index >= 15 is 0 Å². The van der Waals surface area contributed by atoms with Gasteiger partial charge in [-0.05, 0) is 6.42 Å². The average molecular weight is 168 g/mol. The summed E-state index contributed by atoms with van der Waals surface area (Å²) in [5.41, 5.74) is 0. The topological polar surface area (TPSA) is 65.4 Å². The number of aromatic amines is 1. The fraction of sp³-hybridized carbons (Fsp3) is 0.500. The second kappa shape index (κ2) is 3.98. The Morgan fingerprint density at radius 3 is 3.18 bits per heavy atom.